The summed E-state index contributed by atoms with van der Waals surface area (Å²) in [7, 11) is 0. The van der Waals surface area contributed by atoms with Crippen molar-refractivity contribution in [2.75, 3.05) is 32.7 Å². The Kier molecular flexibility index (Phi) is 8.30. The number of imide groups is 1. The Morgan fingerprint density at radius 2 is 2.14 bits per heavy atom. The van der Waals surface area contributed by atoms with Gasteiger partial charge in [0.2, 0.25) is 5.91 Å². The second-order valence-electron chi connectivity index (χ2n) is 6.12. The van der Waals surface area contributed by atoms with Gasteiger partial charge >= 0.3 is 6.03 Å². The third-order valence-electron chi connectivity index (χ3n) is 3.57. The molecule has 1 aliphatic rings. The minimum Gasteiger partial charge on any atom is -0.338 e. The van der Waals surface area contributed by atoms with Crippen LogP contribution in [0.5, 0.6) is 0 Å². The van der Waals surface area contributed by atoms with E-state index in [2.05, 4.69) is 27.8 Å². The van der Waals surface area contributed by atoms with Crippen molar-refractivity contribution in [1.29, 1.82) is 0 Å². The summed E-state index contributed by atoms with van der Waals surface area (Å²) in [5.41, 5.74) is 0. The van der Waals surface area contributed by atoms with Crippen molar-refractivity contribution in [2.24, 2.45) is 5.92 Å². The number of nitrogens with one attached hydrogen (secondary N) is 3. The van der Waals surface area contributed by atoms with Crippen LogP contribution in [-0.4, -0.2) is 55.6 Å². The molecule has 1 rings (SSSR count). The molecule has 6 heteroatoms. The van der Waals surface area contributed by atoms with Gasteiger partial charge in [0, 0.05) is 19.1 Å². The Hall–Kier alpha value is -1.14. The Morgan fingerprint density at radius 1 is 1.38 bits per heavy atom. The van der Waals surface area contributed by atoms with E-state index in [0.29, 0.717) is 18.5 Å². The first-order valence-corrected chi connectivity index (χ1v) is 8.05. The standard InChI is InChI=1S/C15H30N4O2/c1-4-8-19(13-6-5-7-16-10-13)11-14(20)18-15(21)17-9-12(2)3/h12-13,16H,4-11H2,1-3H3,(H2,17,18,20,21). The topological polar surface area (TPSA) is 73.5 Å². The molecule has 0 aliphatic carbocycles. The van der Waals surface area contributed by atoms with Crippen LogP contribution < -0.4 is 16.0 Å². The third-order valence-corrected chi connectivity index (χ3v) is 3.57. The van der Waals surface area contributed by atoms with E-state index in [9.17, 15) is 9.59 Å². The maximum Gasteiger partial charge on any atom is 0.321 e. The molecule has 1 atom stereocenters. The monoisotopic (exact) mass is 298 g/mol. The van der Waals surface area contributed by atoms with Crippen molar-refractivity contribution in [3.05, 3.63) is 0 Å². The summed E-state index contributed by atoms with van der Waals surface area (Å²) < 4.78 is 0. The number of urea groups is 1. The maximum absolute atomic E-state index is 12.0. The van der Waals surface area contributed by atoms with Gasteiger partial charge in [0.05, 0.1) is 6.54 Å². The summed E-state index contributed by atoms with van der Waals surface area (Å²) in [6, 6.07) is -0.00454. The van der Waals surface area contributed by atoms with Gasteiger partial charge in [-0.1, -0.05) is 20.8 Å². The van der Waals surface area contributed by atoms with Crippen molar-refractivity contribution < 1.29 is 9.59 Å². The molecule has 122 valence electrons. The van der Waals surface area contributed by atoms with E-state index < -0.39 is 6.03 Å². The molecule has 1 aliphatic heterocycles. The summed E-state index contributed by atoms with van der Waals surface area (Å²) in [4.78, 5) is 25.8. The smallest absolute Gasteiger partial charge is 0.321 e. The molecular weight excluding hydrogens is 268 g/mol. The number of carbonyl (C=O) groups excluding carboxylic acids is 2. The highest BCUT2D eigenvalue weighted by atomic mass is 16.2. The van der Waals surface area contributed by atoms with Crippen molar-refractivity contribution in [3.8, 4) is 0 Å². The third kappa shape index (κ3) is 7.43. The van der Waals surface area contributed by atoms with Crippen molar-refractivity contribution >= 4 is 11.9 Å². The van der Waals surface area contributed by atoms with Gasteiger partial charge in [-0.15, -0.1) is 0 Å². The van der Waals surface area contributed by atoms with Gasteiger partial charge in [-0.3, -0.25) is 15.0 Å². The molecule has 1 fully saturated rings. The number of hydrogen-bond donors (Lipinski definition) is 3. The first-order chi connectivity index (χ1) is 10.0. The number of nitrogens with zero attached hydrogens (tertiary/aromatic N) is 1. The van der Waals surface area contributed by atoms with E-state index in [1.54, 1.807) is 0 Å². The van der Waals surface area contributed by atoms with Crippen LogP contribution in [0, 0.1) is 5.92 Å². The SMILES string of the molecule is CCCN(CC(=O)NC(=O)NCC(C)C)C1CCCNC1. The number of hydrogen-bond acceptors (Lipinski definition) is 4. The highest BCUT2D eigenvalue weighted by Gasteiger charge is 2.22. The average Bonchev–Trinajstić information content (AvgIpc) is 2.45. The fourth-order valence-electron chi connectivity index (χ4n) is 2.51. The quantitative estimate of drug-likeness (QED) is 0.654. The van der Waals surface area contributed by atoms with Crippen LogP contribution in [0.2, 0.25) is 0 Å². The predicted molar refractivity (Wildman–Crippen MR) is 84.1 cm³/mol. The molecule has 0 bridgehead atoms. The van der Waals surface area contributed by atoms with Crippen molar-refractivity contribution in [3.63, 3.8) is 0 Å². The summed E-state index contributed by atoms with van der Waals surface area (Å²) in [6.07, 6.45) is 3.25. The van der Waals surface area contributed by atoms with Crippen LogP contribution in [0.3, 0.4) is 0 Å². The highest BCUT2D eigenvalue weighted by molar-refractivity contribution is 5.95. The molecule has 3 N–H and O–H groups in total. The largest absolute Gasteiger partial charge is 0.338 e. The number of piperidine rings is 1. The number of amides is 3. The molecule has 1 heterocycles. The van der Waals surface area contributed by atoms with E-state index in [1.807, 2.05) is 13.8 Å². The van der Waals surface area contributed by atoms with E-state index in [1.165, 1.54) is 0 Å². The van der Waals surface area contributed by atoms with E-state index >= 15 is 0 Å². The van der Waals surface area contributed by atoms with Crippen molar-refractivity contribution in [1.82, 2.24) is 20.9 Å². The van der Waals surface area contributed by atoms with Crippen LogP contribution in [-0.2, 0) is 4.79 Å². The fraction of sp³-hybridized carbons (Fsp3) is 0.867. The molecule has 0 radical (unpaired) electrons. The Morgan fingerprint density at radius 3 is 2.71 bits per heavy atom. The minimum absolute atomic E-state index is 0.227. The number of rotatable bonds is 7. The van der Waals surface area contributed by atoms with E-state index in [0.717, 1.165) is 38.9 Å². The van der Waals surface area contributed by atoms with Gasteiger partial charge in [0.1, 0.15) is 0 Å². The molecule has 3 amide bonds. The molecule has 21 heavy (non-hydrogen) atoms. The summed E-state index contributed by atoms with van der Waals surface area (Å²) in [5.74, 6) is 0.144. The van der Waals surface area contributed by atoms with Crippen LogP contribution in [0.15, 0.2) is 0 Å². The predicted octanol–water partition coefficient (Wildman–Crippen LogP) is 0.932. The second kappa shape index (κ2) is 9.73. The zero-order chi connectivity index (χ0) is 15.7. The van der Waals surface area contributed by atoms with Gasteiger partial charge in [-0.25, -0.2) is 4.79 Å². The van der Waals surface area contributed by atoms with Gasteiger partial charge < -0.3 is 10.6 Å². The van der Waals surface area contributed by atoms with Gasteiger partial charge in [-0.2, -0.15) is 0 Å². The lowest BCUT2D eigenvalue weighted by molar-refractivity contribution is -0.121. The van der Waals surface area contributed by atoms with Gasteiger partial charge in [0.15, 0.2) is 0 Å². The molecule has 6 nitrogen and oxygen atoms in total. The Balaban J connectivity index is 2.38. The zero-order valence-corrected chi connectivity index (χ0v) is 13.6. The van der Waals surface area contributed by atoms with Crippen LogP contribution in [0.4, 0.5) is 4.79 Å². The fourth-order valence-corrected chi connectivity index (χ4v) is 2.51. The Bertz CT molecular complexity index is 328. The van der Waals surface area contributed by atoms with E-state index in [-0.39, 0.29) is 12.5 Å². The summed E-state index contributed by atoms with van der Waals surface area (Å²) in [6.45, 7) is 9.86. The lowest BCUT2D eigenvalue weighted by atomic mass is 10.1. The molecule has 0 aromatic carbocycles. The zero-order valence-electron chi connectivity index (χ0n) is 13.6. The molecule has 0 spiro atoms. The summed E-state index contributed by atoms with van der Waals surface area (Å²) in [5, 5.41) is 8.48. The molecule has 1 unspecified atom stereocenters. The lowest BCUT2D eigenvalue weighted by Crippen LogP contribution is -2.51. The first kappa shape index (κ1) is 17.9. The number of carbonyl (C=O) groups is 2. The van der Waals surface area contributed by atoms with Crippen molar-refractivity contribution in [2.45, 2.75) is 46.1 Å². The van der Waals surface area contributed by atoms with Crippen LogP contribution in [0.25, 0.3) is 0 Å². The van der Waals surface area contributed by atoms with Crippen LogP contribution >= 0.6 is 0 Å². The normalized spacial score (nSPS) is 18.8. The van der Waals surface area contributed by atoms with E-state index in [4.69, 9.17) is 0 Å². The highest BCUT2D eigenvalue weighted by Crippen LogP contribution is 2.10. The second-order valence-corrected chi connectivity index (χ2v) is 6.12. The van der Waals surface area contributed by atoms with Gasteiger partial charge in [0.25, 0.3) is 0 Å². The first-order valence-electron chi connectivity index (χ1n) is 8.05. The lowest BCUT2D eigenvalue weighted by Gasteiger charge is -2.33. The average molecular weight is 298 g/mol. The minimum atomic E-state index is -0.396. The summed E-state index contributed by atoms with van der Waals surface area (Å²) >= 11 is 0. The molecule has 0 aromatic rings. The maximum atomic E-state index is 12.0. The Labute approximate surface area is 128 Å². The molecular formula is C15H30N4O2. The molecule has 0 saturated carbocycles. The van der Waals surface area contributed by atoms with Crippen LogP contribution in [0.1, 0.15) is 40.0 Å². The van der Waals surface area contributed by atoms with Gasteiger partial charge in [-0.05, 0) is 38.3 Å². The molecule has 1 saturated heterocycles. The molecule has 0 aromatic heterocycles.